The molecule has 3 heterocycles. The molecule has 3 aromatic rings. The predicted molar refractivity (Wildman–Crippen MR) is 130 cm³/mol. The van der Waals surface area contributed by atoms with Gasteiger partial charge in [-0.2, -0.15) is 0 Å². The molecule has 0 atom stereocenters. The van der Waals surface area contributed by atoms with Crippen LogP contribution in [0.2, 0.25) is 0 Å². The Morgan fingerprint density at radius 3 is 2.38 bits per heavy atom. The van der Waals surface area contributed by atoms with Crippen LogP contribution < -0.4 is 23.7 Å². The maximum atomic E-state index is 12.7. The van der Waals surface area contributed by atoms with Crippen LogP contribution in [0.4, 0.5) is 13.2 Å². The monoisotopic (exact) mass is 511 g/mol. The molecule has 0 radical (unpaired) electrons. The molecule has 0 unspecified atom stereocenters. The Morgan fingerprint density at radius 1 is 0.919 bits per heavy atom. The maximum Gasteiger partial charge on any atom is 0.573 e. The van der Waals surface area contributed by atoms with Crippen molar-refractivity contribution in [2.24, 2.45) is 0 Å². The third kappa shape index (κ3) is 4.18. The topological polar surface area (TPSA) is 49.4 Å². The first-order valence-corrected chi connectivity index (χ1v) is 11.8. The van der Waals surface area contributed by atoms with Gasteiger partial charge < -0.3 is 28.6 Å². The normalized spacial score (nSPS) is 15.6. The molecule has 3 aliphatic rings. The lowest BCUT2D eigenvalue weighted by Crippen LogP contribution is -2.33. The van der Waals surface area contributed by atoms with E-state index >= 15 is 0 Å². The smallest absolute Gasteiger partial charge is 0.493 e. The summed E-state index contributed by atoms with van der Waals surface area (Å²) in [5.41, 5.74) is 7.26. The molecule has 3 aliphatic heterocycles. The van der Waals surface area contributed by atoms with Gasteiger partial charge in [-0.15, -0.1) is 13.2 Å². The number of hydrogen-bond acceptors (Lipinski definition) is 6. The highest BCUT2D eigenvalue weighted by Crippen LogP contribution is 2.49. The highest BCUT2D eigenvalue weighted by molar-refractivity contribution is 5.96. The SMILES string of the molecule is COc1ccc2c(c1OC)CN1CCc3cc4c(cc3C1=C2Cc1ccc(OC(F)(F)F)cc1)OCO4. The van der Waals surface area contributed by atoms with Crippen LogP contribution in [0.1, 0.15) is 27.8 Å². The Balaban J connectivity index is 1.50. The Bertz CT molecular complexity index is 1400. The summed E-state index contributed by atoms with van der Waals surface area (Å²) in [5, 5.41) is 0. The summed E-state index contributed by atoms with van der Waals surface area (Å²) in [7, 11) is 3.24. The molecule has 0 saturated carbocycles. The van der Waals surface area contributed by atoms with E-state index < -0.39 is 6.36 Å². The van der Waals surface area contributed by atoms with Gasteiger partial charge in [0.2, 0.25) is 6.79 Å². The second-order valence-electron chi connectivity index (χ2n) is 9.06. The van der Waals surface area contributed by atoms with Gasteiger partial charge in [0.05, 0.1) is 14.2 Å². The van der Waals surface area contributed by atoms with E-state index in [9.17, 15) is 13.2 Å². The molecule has 37 heavy (non-hydrogen) atoms. The van der Waals surface area contributed by atoms with Crippen molar-refractivity contribution < 1.29 is 36.9 Å². The third-order valence-corrected chi connectivity index (χ3v) is 6.97. The van der Waals surface area contributed by atoms with E-state index in [1.165, 1.54) is 17.7 Å². The van der Waals surface area contributed by atoms with E-state index in [-0.39, 0.29) is 12.5 Å². The van der Waals surface area contributed by atoms with Gasteiger partial charge in [-0.3, -0.25) is 0 Å². The van der Waals surface area contributed by atoms with E-state index in [1.54, 1.807) is 26.4 Å². The lowest BCUT2D eigenvalue weighted by atomic mass is 9.83. The fraction of sp³-hybridized carbons (Fsp3) is 0.286. The minimum atomic E-state index is -4.73. The molecule has 0 bridgehead atoms. The standard InChI is InChI=1S/C28H24F3NO5/c1-33-23-8-7-19-21(11-16-3-5-18(6-4-16)37-28(29,30)31)26-20-13-25-24(35-15-36-25)12-17(20)9-10-32(26)14-22(19)27(23)34-2/h3-8,12-13H,9-11,14-15H2,1-2H3. The van der Waals surface area contributed by atoms with Gasteiger partial charge in [0.15, 0.2) is 23.0 Å². The molecule has 0 N–H and O–H groups in total. The van der Waals surface area contributed by atoms with Crippen LogP contribution in [-0.4, -0.2) is 38.8 Å². The van der Waals surface area contributed by atoms with Crippen molar-refractivity contribution in [1.82, 2.24) is 4.90 Å². The lowest BCUT2D eigenvalue weighted by molar-refractivity contribution is -0.274. The molecule has 0 saturated heterocycles. The average molecular weight is 511 g/mol. The van der Waals surface area contributed by atoms with Crippen molar-refractivity contribution in [3.05, 3.63) is 76.3 Å². The molecule has 0 fully saturated rings. The first-order chi connectivity index (χ1) is 17.8. The lowest BCUT2D eigenvalue weighted by Gasteiger charge is -2.40. The second kappa shape index (κ2) is 8.83. The molecular formula is C28H24F3NO5. The van der Waals surface area contributed by atoms with Gasteiger partial charge in [-0.25, -0.2) is 0 Å². The molecule has 6 rings (SSSR count). The first kappa shape index (κ1) is 23.4. The molecule has 0 amide bonds. The van der Waals surface area contributed by atoms with Crippen molar-refractivity contribution in [2.75, 3.05) is 27.6 Å². The summed E-state index contributed by atoms with van der Waals surface area (Å²) in [5.74, 6) is 2.54. The number of allylic oxidation sites excluding steroid dienone is 1. The molecule has 6 nitrogen and oxygen atoms in total. The van der Waals surface area contributed by atoms with E-state index in [0.29, 0.717) is 30.2 Å². The van der Waals surface area contributed by atoms with Crippen molar-refractivity contribution in [1.29, 1.82) is 0 Å². The molecule has 9 heteroatoms. The number of nitrogens with zero attached hydrogens (tertiary/aromatic N) is 1. The van der Waals surface area contributed by atoms with Crippen molar-refractivity contribution in [3.63, 3.8) is 0 Å². The number of rotatable bonds is 5. The number of halogens is 3. The molecule has 192 valence electrons. The fourth-order valence-corrected chi connectivity index (χ4v) is 5.40. The quantitative estimate of drug-likeness (QED) is 0.431. The summed E-state index contributed by atoms with van der Waals surface area (Å²) in [4.78, 5) is 2.32. The van der Waals surface area contributed by atoms with Crippen LogP contribution in [0.3, 0.4) is 0 Å². The predicted octanol–water partition coefficient (Wildman–Crippen LogP) is 5.81. The Morgan fingerprint density at radius 2 is 1.68 bits per heavy atom. The van der Waals surface area contributed by atoms with Gasteiger partial charge in [-0.05, 0) is 59.0 Å². The van der Waals surface area contributed by atoms with Crippen LogP contribution in [-0.2, 0) is 19.4 Å². The summed E-state index contributed by atoms with van der Waals surface area (Å²) < 4.78 is 64.6. The number of ether oxygens (including phenoxy) is 5. The van der Waals surface area contributed by atoms with Gasteiger partial charge in [0.1, 0.15) is 5.75 Å². The number of benzene rings is 3. The Hall–Kier alpha value is -4.01. The van der Waals surface area contributed by atoms with Crippen molar-refractivity contribution in [3.8, 4) is 28.7 Å². The van der Waals surface area contributed by atoms with E-state index in [4.69, 9.17) is 18.9 Å². The van der Waals surface area contributed by atoms with Gasteiger partial charge in [0, 0.05) is 36.3 Å². The van der Waals surface area contributed by atoms with Crippen LogP contribution in [0.25, 0.3) is 11.3 Å². The Labute approximate surface area is 211 Å². The number of methoxy groups -OCH3 is 2. The number of fused-ring (bicyclic) bond motifs is 5. The fourth-order valence-electron chi connectivity index (χ4n) is 5.40. The van der Waals surface area contributed by atoms with Gasteiger partial charge in [0.25, 0.3) is 0 Å². The molecule has 3 aromatic carbocycles. The van der Waals surface area contributed by atoms with Crippen molar-refractivity contribution in [2.45, 2.75) is 25.7 Å². The molecule has 0 aromatic heterocycles. The molecular weight excluding hydrogens is 487 g/mol. The summed E-state index contributed by atoms with van der Waals surface area (Å²) >= 11 is 0. The minimum Gasteiger partial charge on any atom is -0.493 e. The zero-order chi connectivity index (χ0) is 25.7. The summed E-state index contributed by atoms with van der Waals surface area (Å²) in [6.07, 6.45) is -3.40. The van der Waals surface area contributed by atoms with Gasteiger partial charge >= 0.3 is 6.36 Å². The van der Waals surface area contributed by atoms with E-state index in [2.05, 4.69) is 9.64 Å². The number of hydrogen-bond donors (Lipinski definition) is 0. The van der Waals surface area contributed by atoms with Crippen LogP contribution in [0, 0.1) is 0 Å². The first-order valence-electron chi connectivity index (χ1n) is 11.8. The van der Waals surface area contributed by atoms with E-state index in [0.717, 1.165) is 52.2 Å². The molecule has 0 spiro atoms. The van der Waals surface area contributed by atoms with Crippen LogP contribution >= 0.6 is 0 Å². The highest BCUT2D eigenvalue weighted by atomic mass is 19.4. The second-order valence-corrected chi connectivity index (χ2v) is 9.06. The zero-order valence-electron chi connectivity index (χ0n) is 20.3. The zero-order valence-corrected chi connectivity index (χ0v) is 20.3. The molecule has 0 aliphatic carbocycles. The third-order valence-electron chi connectivity index (χ3n) is 6.97. The highest BCUT2D eigenvalue weighted by Gasteiger charge is 2.34. The average Bonchev–Trinajstić information content (AvgIpc) is 3.34. The minimum absolute atomic E-state index is 0.194. The Kier molecular flexibility index (Phi) is 5.58. The van der Waals surface area contributed by atoms with Gasteiger partial charge in [-0.1, -0.05) is 18.2 Å². The van der Waals surface area contributed by atoms with Crippen molar-refractivity contribution >= 4 is 11.3 Å². The summed E-state index contributed by atoms with van der Waals surface area (Å²) in [6.45, 7) is 1.63. The maximum absolute atomic E-state index is 12.7. The summed E-state index contributed by atoms with van der Waals surface area (Å²) in [6, 6.07) is 14.0. The van der Waals surface area contributed by atoms with Crippen LogP contribution in [0.5, 0.6) is 28.7 Å². The number of alkyl halides is 3. The van der Waals surface area contributed by atoms with E-state index in [1.807, 2.05) is 24.3 Å². The van der Waals surface area contributed by atoms with Crippen LogP contribution in [0.15, 0.2) is 48.5 Å². The largest absolute Gasteiger partial charge is 0.573 e.